The summed E-state index contributed by atoms with van der Waals surface area (Å²) in [5, 5.41) is 12.1. The van der Waals surface area contributed by atoms with Crippen LogP contribution in [0.15, 0.2) is 24.7 Å². The van der Waals surface area contributed by atoms with Gasteiger partial charge >= 0.3 is 11.8 Å². The highest BCUT2D eigenvalue weighted by Crippen LogP contribution is 2.36. The van der Waals surface area contributed by atoms with Crippen LogP contribution < -0.4 is 11.1 Å². The molecule has 12 heteroatoms. The number of fused-ring (bicyclic) bond motifs is 1. The van der Waals surface area contributed by atoms with Gasteiger partial charge in [0.2, 0.25) is 0 Å². The van der Waals surface area contributed by atoms with Crippen molar-refractivity contribution in [2.45, 2.75) is 45.7 Å². The number of carbonyl (C=O) groups excluding carboxylic acids is 2. The van der Waals surface area contributed by atoms with E-state index in [4.69, 9.17) is 5.73 Å². The Kier molecular flexibility index (Phi) is 6.66. The molecule has 4 heterocycles. The van der Waals surface area contributed by atoms with Gasteiger partial charge in [-0.2, -0.15) is 10.2 Å². The van der Waals surface area contributed by atoms with E-state index < -0.39 is 11.8 Å². The second-order valence-corrected chi connectivity index (χ2v) is 10.4. The fourth-order valence-electron chi connectivity index (χ4n) is 4.23. The first-order valence-electron chi connectivity index (χ1n) is 10.5. The van der Waals surface area contributed by atoms with Crippen LogP contribution in [0, 0.1) is 5.92 Å². The maximum atomic E-state index is 13.3. The van der Waals surface area contributed by atoms with Gasteiger partial charge in [-0.1, -0.05) is 6.92 Å². The molecular weight excluding hydrogens is 542 g/mol. The van der Waals surface area contributed by atoms with Crippen molar-refractivity contribution in [1.82, 2.24) is 29.2 Å². The number of likely N-dealkylation sites (tertiary alicyclic amines) is 1. The van der Waals surface area contributed by atoms with E-state index in [9.17, 15) is 9.59 Å². The van der Waals surface area contributed by atoms with Crippen LogP contribution >= 0.6 is 28.4 Å². The highest BCUT2D eigenvalue weighted by Gasteiger charge is 2.36. The zero-order chi connectivity index (χ0) is 23.0. The number of aromatic nitrogens is 5. The van der Waals surface area contributed by atoms with E-state index >= 15 is 0 Å². The predicted molar refractivity (Wildman–Crippen MR) is 134 cm³/mol. The minimum atomic E-state index is -0.697. The van der Waals surface area contributed by atoms with Gasteiger partial charge < -0.3 is 16.0 Å². The summed E-state index contributed by atoms with van der Waals surface area (Å²) in [4.78, 5) is 32.3. The molecule has 1 aliphatic heterocycles. The summed E-state index contributed by atoms with van der Waals surface area (Å²) in [5.41, 5.74) is 8.00. The minimum absolute atomic E-state index is 0.161. The molecule has 0 spiro atoms. The number of hydrogen-bond donors (Lipinski definition) is 2. The number of hydrogen-bond acceptors (Lipinski definition) is 6. The highest BCUT2D eigenvalue weighted by molar-refractivity contribution is 14.2. The van der Waals surface area contributed by atoms with Gasteiger partial charge in [-0.05, 0) is 60.7 Å². The van der Waals surface area contributed by atoms with Crippen LogP contribution in [-0.4, -0.2) is 47.6 Å². The molecule has 1 fully saturated rings. The fourth-order valence-corrected chi connectivity index (χ4v) is 5.75. The van der Waals surface area contributed by atoms with Gasteiger partial charge in [0.1, 0.15) is 11.3 Å². The Labute approximate surface area is 200 Å². The fraction of sp³-hybridized carbons (Fsp3) is 0.450. The van der Waals surface area contributed by atoms with Crippen molar-refractivity contribution in [3.05, 3.63) is 30.4 Å². The molecule has 32 heavy (non-hydrogen) atoms. The van der Waals surface area contributed by atoms with Crippen LogP contribution in [0.5, 0.6) is 0 Å². The number of halogens is 1. The standard InChI is InChI=1S/C20H26IN8O2P/c1-11(2)28-16(6-7-24-28)15-5-4-12(3)10-27(15)20(31)19(30)26-14-9-23-18(22)13-8-25-29(32-21)17(13)14/h6-9,11-12,15,32H,4-5,10H2,1-3H3,(H2,22,23)(H,26,30). The molecule has 1 saturated heterocycles. The molecule has 170 valence electrons. The molecule has 10 nitrogen and oxygen atoms in total. The Hall–Kier alpha value is -2.27. The molecule has 3 atom stereocenters. The van der Waals surface area contributed by atoms with Crippen LogP contribution in [-0.2, 0) is 9.59 Å². The van der Waals surface area contributed by atoms with E-state index in [2.05, 4.69) is 63.3 Å². The number of carbonyl (C=O) groups is 2. The Morgan fingerprint density at radius 3 is 2.78 bits per heavy atom. The largest absolute Gasteiger partial charge is 0.383 e. The van der Waals surface area contributed by atoms with Gasteiger partial charge in [-0.3, -0.25) is 14.3 Å². The lowest BCUT2D eigenvalue weighted by atomic mass is 9.92. The average molecular weight is 568 g/mol. The second kappa shape index (κ2) is 9.30. The van der Waals surface area contributed by atoms with Crippen molar-refractivity contribution in [2.75, 3.05) is 17.6 Å². The lowest BCUT2D eigenvalue weighted by Gasteiger charge is -2.38. The van der Waals surface area contributed by atoms with Crippen LogP contribution in [0.1, 0.15) is 51.4 Å². The Morgan fingerprint density at radius 1 is 1.28 bits per heavy atom. The maximum Gasteiger partial charge on any atom is 0.314 e. The Balaban J connectivity index is 1.63. The quantitative estimate of drug-likeness (QED) is 0.282. The highest BCUT2D eigenvalue weighted by atomic mass is 127. The summed E-state index contributed by atoms with van der Waals surface area (Å²) in [6, 6.07) is 1.90. The summed E-state index contributed by atoms with van der Waals surface area (Å²) < 4.78 is 3.66. The van der Waals surface area contributed by atoms with Crippen molar-refractivity contribution in [1.29, 1.82) is 0 Å². The van der Waals surface area contributed by atoms with E-state index in [1.54, 1.807) is 21.7 Å². The lowest BCUT2D eigenvalue weighted by Crippen LogP contribution is -2.47. The number of rotatable bonds is 4. The van der Waals surface area contributed by atoms with Crippen LogP contribution in [0.3, 0.4) is 0 Å². The second-order valence-electron chi connectivity index (χ2n) is 8.36. The lowest BCUT2D eigenvalue weighted by molar-refractivity contribution is -0.146. The van der Waals surface area contributed by atoms with Crippen LogP contribution in [0.2, 0.25) is 0 Å². The monoisotopic (exact) mass is 568 g/mol. The van der Waals surface area contributed by atoms with E-state index in [0.717, 1.165) is 18.5 Å². The number of piperidine rings is 1. The molecule has 0 aliphatic carbocycles. The molecule has 0 bridgehead atoms. The van der Waals surface area contributed by atoms with E-state index in [1.165, 1.54) is 6.20 Å². The van der Waals surface area contributed by atoms with E-state index in [1.807, 2.05) is 10.7 Å². The molecule has 3 aromatic heterocycles. The molecule has 3 N–H and O–H groups in total. The van der Waals surface area contributed by atoms with E-state index in [0.29, 0.717) is 41.2 Å². The first kappa shape index (κ1) is 22.9. The van der Waals surface area contributed by atoms with Gasteiger partial charge in [-0.15, -0.1) is 0 Å². The maximum absolute atomic E-state index is 13.3. The molecule has 0 radical (unpaired) electrons. The van der Waals surface area contributed by atoms with Gasteiger partial charge in [0.25, 0.3) is 0 Å². The zero-order valence-electron chi connectivity index (χ0n) is 18.1. The van der Waals surface area contributed by atoms with Crippen molar-refractivity contribution in [3.63, 3.8) is 0 Å². The van der Waals surface area contributed by atoms with Crippen molar-refractivity contribution in [3.8, 4) is 0 Å². The van der Waals surface area contributed by atoms with Crippen LogP contribution in [0.4, 0.5) is 11.5 Å². The minimum Gasteiger partial charge on any atom is -0.383 e. The first-order valence-corrected chi connectivity index (χ1v) is 14.5. The van der Waals surface area contributed by atoms with Crippen molar-refractivity contribution in [2.24, 2.45) is 5.92 Å². The molecular formula is C20H26IN8O2P. The Morgan fingerprint density at radius 2 is 2.06 bits per heavy atom. The summed E-state index contributed by atoms with van der Waals surface area (Å²) in [7, 11) is 0. The summed E-state index contributed by atoms with van der Waals surface area (Å²) >= 11 is 2.20. The van der Waals surface area contributed by atoms with Gasteiger partial charge in [0.05, 0.1) is 41.6 Å². The average Bonchev–Trinajstić information content (AvgIpc) is 3.43. The van der Waals surface area contributed by atoms with Crippen LogP contribution in [0.25, 0.3) is 10.9 Å². The number of amides is 2. The Bertz CT molecular complexity index is 1160. The van der Waals surface area contributed by atoms with Gasteiger partial charge in [0, 0.05) is 18.8 Å². The summed E-state index contributed by atoms with van der Waals surface area (Å²) in [5.74, 6) is -0.620. The van der Waals surface area contributed by atoms with Gasteiger partial charge in [-0.25, -0.2) is 9.44 Å². The normalized spacial score (nSPS) is 19.3. The SMILES string of the molecule is CC1CCC(c2ccnn2C(C)C)N(C(=O)C(=O)Nc2cnc(N)c3cnn(PI)c23)C1. The third-order valence-corrected chi connectivity index (χ3v) is 7.64. The number of nitrogens with one attached hydrogen (secondary N) is 1. The molecule has 3 unspecified atom stereocenters. The third kappa shape index (κ3) is 4.19. The number of anilines is 2. The number of pyridine rings is 1. The summed E-state index contributed by atoms with van der Waals surface area (Å²) in [6.07, 6.45) is 6.92. The molecule has 0 aromatic carbocycles. The first-order chi connectivity index (χ1) is 15.3. The predicted octanol–water partition coefficient (Wildman–Crippen LogP) is 3.52. The zero-order valence-corrected chi connectivity index (χ0v) is 21.3. The smallest absolute Gasteiger partial charge is 0.314 e. The van der Waals surface area contributed by atoms with Crippen molar-refractivity contribution < 1.29 is 9.59 Å². The number of nitrogen functional groups attached to an aromatic ring is 1. The molecule has 4 rings (SSSR count). The van der Waals surface area contributed by atoms with E-state index in [-0.39, 0.29) is 12.1 Å². The van der Waals surface area contributed by atoms with Gasteiger partial charge in [0.15, 0.2) is 0 Å². The third-order valence-electron chi connectivity index (χ3n) is 5.77. The molecule has 1 aliphatic rings. The number of nitrogens with two attached hydrogens (primary N) is 1. The topological polar surface area (TPSA) is 124 Å². The molecule has 2 amide bonds. The molecule has 0 saturated carbocycles. The number of nitrogens with zero attached hydrogens (tertiary/aromatic N) is 6. The summed E-state index contributed by atoms with van der Waals surface area (Å²) in [6.45, 7) is 6.72. The molecule has 3 aromatic rings. The van der Waals surface area contributed by atoms with Crippen molar-refractivity contribution >= 4 is 62.6 Å².